The molecule has 1 heterocycles. The average molecular weight is 297 g/mol. The normalized spacial score (nSPS) is 18.3. The Labute approximate surface area is 121 Å². The minimum atomic E-state index is -3.52. The van der Waals surface area contributed by atoms with Crippen molar-refractivity contribution in [1.82, 2.24) is 9.62 Å². The summed E-state index contributed by atoms with van der Waals surface area (Å²) in [6.45, 7) is 4.31. The van der Waals surface area contributed by atoms with Crippen LogP contribution in [0, 0.1) is 12.8 Å². The standard InChI is InChI=1S/C14H23N3O2S/c1-11-4-3-5-13(15)14(11)20(18,19)16-10-12-6-8-17(2)9-7-12/h3-5,12,16H,6-10,15H2,1-2H3. The van der Waals surface area contributed by atoms with E-state index in [1.807, 2.05) is 0 Å². The van der Waals surface area contributed by atoms with E-state index in [1.54, 1.807) is 25.1 Å². The van der Waals surface area contributed by atoms with Crippen LogP contribution in [0.25, 0.3) is 0 Å². The summed E-state index contributed by atoms with van der Waals surface area (Å²) in [6.07, 6.45) is 2.06. The molecular formula is C14H23N3O2S. The summed E-state index contributed by atoms with van der Waals surface area (Å²) >= 11 is 0. The number of benzene rings is 1. The van der Waals surface area contributed by atoms with E-state index < -0.39 is 10.0 Å². The molecular weight excluding hydrogens is 274 g/mol. The molecule has 3 N–H and O–H groups in total. The number of anilines is 1. The van der Waals surface area contributed by atoms with Gasteiger partial charge in [-0.2, -0.15) is 0 Å². The second-order valence-electron chi connectivity index (χ2n) is 5.59. The fourth-order valence-corrected chi connectivity index (χ4v) is 4.08. The van der Waals surface area contributed by atoms with E-state index in [-0.39, 0.29) is 4.90 Å². The van der Waals surface area contributed by atoms with Crippen LogP contribution in [-0.4, -0.2) is 40.0 Å². The number of nitrogens with one attached hydrogen (secondary N) is 1. The predicted molar refractivity (Wildman–Crippen MR) is 81.0 cm³/mol. The van der Waals surface area contributed by atoms with Gasteiger partial charge in [0.1, 0.15) is 4.90 Å². The van der Waals surface area contributed by atoms with Crippen molar-refractivity contribution in [1.29, 1.82) is 0 Å². The Bertz CT molecular complexity index is 544. The molecule has 1 aromatic rings. The first-order valence-electron chi connectivity index (χ1n) is 6.93. The molecule has 1 saturated heterocycles. The van der Waals surface area contributed by atoms with Gasteiger partial charge in [-0.05, 0) is 57.5 Å². The number of nitrogens with two attached hydrogens (primary N) is 1. The van der Waals surface area contributed by atoms with Gasteiger partial charge < -0.3 is 10.6 Å². The Kier molecular flexibility index (Phi) is 4.67. The number of likely N-dealkylation sites (tertiary alicyclic amines) is 1. The first-order chi connectivity index (χ1) is 9.40. The molecule has 5 nitrogen and oxygen atoms in total. The molecule has 0 bridgehead atoms. The van der Waals surface area contributed by atoms with Gasteiger partial charge in [0.15, 0.2) is 0 Å². The van der Waals surface area contributed by atoms with Gasteiger partial charge >= 0.3 is 0 Å². The van der Waals surface area contributed by atoms with E-state index in [1.165, 1.54) is 0 Å². The Morgan fingerprint density at radius 2 is 2.00 bits per heavy atom. The van der Waals surface area contributed by atoms with Crippen molar-refractivity contribution in [2.75, 3.05) is 32.4 Å². The van der Waals surface area contributed by atoms with Gasteiger partial charge in [0.05, 0.1) is 5.69 Å². The zero-order chi connectivity index (χ0) is 14.8. The van der Waals surface area contributed by atoms with Crippen molar-refractivity contribution in [3.05, 3.63) is 23.8 Å². The maximum atomic E-state index is 12.4. The number of nitrogen functional groups attached to an aromatic ring is 1. The summed E-state index contributed by atoms with van der Waals surface area (Å²) in [5, 5.41) is 0. The van der Waals surface area contributed by atoms with Crippen molar-refractivity contribution >= 4 is 15.7 Å². The third-order valence-electron chi connectivity index (χ3n) is 3.91. The molecule has 1 aliphatic rings. The lowest BCUT2D eigenvalue weighted by molar-refractivity contribution is 0.220. The Hall–Kier alpha value is -1.11. The van der Waals surface area contributed by atoms with Crippen LogP contribution in [0.5, 0.6) is 0 Å². The molecule has 1 fully saturated rings. The second kappa shape index (κ2) is 6.11. The molecule has 6 heteroatoms. The monoisotopic (exact) mass is 297 g/mol. The Morgan fingerprint density at radius 3 is 2.60 bits per heavy atom. The summed E-state index contributed by atoms with van der Waals surface area (Å²) in [4.78, 5) is 2.48. The molecule has 0 saturated carbocycles. The number of hydrogen-bond donors (Lipinski definition) is 2. The van der Waals surface area contributed by atoms with Gasteiger partial charge in [0.2, 0.25) is 10.0 Å². The predicted octanol–water partition coefficient (Wildman–Crippen LogP) is 1.20. The summed E-state index contributed by atoms with van der Waals surface area (Å²) in [5.74, 6) is 0.409. The lowest BCUT2D eigenvalue weighted by atomic mass is 9.98. The molecule has 0 aromatic heterocycles. The lowest BCUT2D eigenvalue weighted by Crippen LogP contribution is -2.37. The van der Waals surface area contributed by atoms with Crippen LogP contribution in [0.2, 0.25) is 0 Å². The summed E-state index contributed by atoms with van der Waals surface area (Å²) in [6, 6.07) is 5.15. The first kappa shape index (κ1) is 15.3. The van der Waals surface area contributed by atoms with E-state index in [2.05, 4.69) is 16.7 Å². The van der Waals surface area contributed by atoms with Gasteiger partial charge in [-0.15, -0.1) is 0 Å². The molecule has 0 unspecified atom stereocenters. The van der Waals surface area contributed by atoms with Crippen LogP contribution in [0.3, 0.4) is 0 Å². The maximum absolute atomic E-state index is 12.4. The van der Waals surface area contributed by atoms with Gasteiger partial charge in [0.25, 0.3) is 0 Å². The highest BCUT2D eigenvalue weighted by Gasteiger charge is 2.23. The number of nitrogens with zero attached hydrogens (tertiary/aromatic N) is 1. The maximum Gasteiger partial charge on any atom is 0.242 e. The quantitative estimate of drug-likeness (QED) is 0.819. The van der Waals surface area contributed by atoms with Gasteiger partial charge in [-0.25, -0.2) is 13.1 Å². The van der Waals surface area contributed by atoms with E-state index in [0.29, 0.717) is 23.7 Å². The average Bonchev–Trinajstić information content (AvgIpc) is 2.37. The van der Waals surface area contributed by atoms with Crippen molar-refractivity contribution < 1.29 is 8.42 Å². The molecule has 2 rings (SSSR count). The van der Waals surface area contributed by atoms with Crippen LogP contribution in [0.1, 0.15) is 18.4 Å². The van der Waals surface area contributed by atoms with Gasteiger partial charge in [-0.3, -0.25) is 0 Å². The third-order valence-corrected chi connectivity index (χ3v) is 5.55. The van der Waals surface area contributed by atoms with Crippen LogP contribution in [0.15, 0.2) is 23.1 Å². The number of rotatable bonds is 4. The molecule has 0 radical (unpaired) electrons. The van der Waals surface area contributed by atoms with Crippen molar-refractivity contribution in [2.24, 2.45) is 5.92 Å². The van der Waals surface area contributed by atoms with Crippen LogP contribution in [0.4, 0.5) is 5.69 Å². The number of sulfonamides is 1. The van der Waals surface area contributed by atoms with Crippen LogP contribution in [-0.2, 0) is 10.0 Å². The van der Waals surface area contributed by atoms with Crippen LogP contribution < -0.4 is 10.5 Å². The number of piperidine rings is 1. The van der Waals surface area contributed by atoms with E-state index in [9.17, 15) is 8.42 Å². The Morgan fingerprint density at radius 1 is 1.35 bits per heavy atom. The zero-order valence-corrected chi connectivity index (χ0v) is 12.9. The first-order valence-corrected chi connectivity index (χ1v) is 8.42. The smallest absolute Gasteiger partial charge is 0.242 e. The highest BCUT2D eigenvalue weighted by Crippen LogP contribution is 2.23. The summed E-state index contributed by atoms with van der Waals surface area (Å²) < 4.78 is 27.5. The fourth-order valence-electron chi connectivity index (χ4n) is 2.61. The van der Waals surface area contributed by atoms with Crippen LogP contribution >= 0.6 is 0 Å². The molecule has 20 heavy (non-hydrogen) atoms. The highest BCUT2D eigenvalue weighted by molar-refractivity contribution is 7.89. The fraction of sp³-hybridized carbons (Fsp3) is 0.571. The highest BCUT2D eigenvalue weighted by atomic mass is 32.2. The number of aryl methyl sites for hydroxylation is 1. The Balaban J connectivity index is 2.05. The second-order valence-corrected chi connectivity index (χ2v) is 7.30. The third kappa shape index (κ3) is 3.50. The molecule has 0 spiro atoms. The van der Waals surface area contributed by atoms with Crippen molar-refractivity contribution in [2.45, 2.75) is 24.7 Å². The van der Waals surface area contributed by atoms with Gasteiger partial charge in [-0.1, -0.05) is 12.1 Å². The van der Waals surface area contributed by atoms with E-state index in [4.69, 9.17) is 5.73 Å². The SMILES string of the molecule is Cc1cccc(N)c1S(=O)(=O)NCC1CCN(C)CC1. The van der Waals surface area contributed by atoms with E-state index >= 15 is 0 Å². The minimum Gasteiger partial charge on any atom is -0.398 e. The largest absolute Gasteiger partial charge is 0.398 e. The molecule has 1 aliphatic heterocycles. The summed E-state index contributed by atoms with van der Waals surface area (Å²) in [5.41, 5.74) is 6.80. The number of hydrogen-bond acceptors (Lipinski definition) is 4. The van der Waals surface area contributed by atoms with E-state index in [0.717, 1.165) is 25.9 Å². The molecule has 1 aromatic carbocycles. The zero-order valence-electron chi connectivity index (χ0n) is 12.1. The topological polar surface area (TPSA) is 75.4 Å². The summed E-state index contributed by atoms with van der Waals surface area (Å²) in [7, 11) is -1.43. The van der Waals surface area contributed by atoms with Crippen molar-refractivity contribution in [3.63, 3.8) is 0 Å². The minimum absolute atomic E-state index is 0.216. The molecule has 0 amide bonds. The molecule has 0 atom stereocenters. The molecule has 112 valence electrons. The lowest BCUT2D eigenvalue weighted by Gasteiger charge is -2.29. The van der Waals surface area contributed by atoms with Crippen molar-refractivity contribution in [3.8, 4) is 0 Å². The van der Waals surface area contributed by atoms with Gasteiger partial charge in [0, 0.05) is 6.54 Å². The molecule has 0 aliphatic carbocycles.